The first-order chi connectivity index (χ1) is 11.6. The Morgan fingerprint density at radius 2 is 1.88 bits per heavy atom. The van der Waals surface area contributed by atoms with Crippen LogP contribution in [0.3, 0.4) is 0 Å². The van der Waals surface area contributed by atoms with E-state index in [4.69, 9.17) is 4.42 Å². The second-order valence-electron chi connectivity index (χ2n) is 5.62. The van der Waals surface area contributed by atoms with Gasteiger partial charge >= 0.3 is 5.63 Å². The smallest absolute Gasteiger partial charge is 0.354 e. The molecule has 0 aliphatic heterocycles. The van der Waals surface area contributed by atoms with Gasteiger partial charge in [0.15, 0.2) is 5.76 Å². The van der Waals surface area contributed by atoms with E-state index in [2.05, 4.69) is 18.8 Å². The van der Waals surface area contributed by atoms with Gasteiger partial charge in [0.1, 0.15) is 16.3 Å². The second kappa shape index (κ2) is 6.93. The van der Waals surface area contributed by atoms with Crippen molar-refractivity contribution in [2.75, 3.05) is 0 Å². The number of hydrogen-bond acceptors (Lipinski definition) is 5. The van der Waals surface area contributed by atoms with Crippen LogP contribution in [0.2, 0.25) is 0 Å². The third kappa shape index (κ3) is 3.36. The maximum atomic E-state index is 12.3. The van der Waals surface area contributed by atoms with Gasteiger partial charge in [-0.3, -0.25) is 4.98 Å². The van der Waals surface area contributed by atoms with Crippen LogP contribution in [-0.4, -0.2) is 10.1 Å². The van der Waals surface area contributed by atoms with Crippen LogP contribution in [-0.2, 0) is 0 Å². The average molecular weight is 339 g/mol. The van der Waals surface area contributed by atoms with Crippen molar-refractivity contribution in [1.82, 2.24) is 4.98 Å². The molecule has 0 aliphatic carbocycles. The molecule has 0 bridgehead atoms. The number of aromatic hydroxyl groups is 1. The summed E-state index contributed by atoms with van der Waals surface area (Å²) >= 11 is 1.22. The second-order valence-corrected chi connectivity index (χ2v) is 6.67. The highest BCUT2D eigenvalue weighted by atomic mass is 32.2. The van der Waals surface area contributed by atoms with Gasteiger partial charge in [-0.25, -0.2) is 4.79 Å². The molecule has 5 heteroatoms. The summed E-state index contributed by atoms with van der Waals surface area (Å²) in [7, 11) is 0. The van der Waals surface area contributed by atoms with Crippen LogP contribution in [0.5, 0.6) is 5.75 Å². The molecular formula is C19H17NO3S. The number of nitrogens with zero attached hydrogens (tertiary/aromatic N) is 1. The van der Waals surface area contributed by atoms with Crippen LogP contribution >= 0.6 is 11.8 Å². The van der Waals surface area contributed by atoms with Crippen LogP contribution < -0.4 is 5.63 Å². The molecule has 0 saturated carbocycles. The molecule has 24 heavy (non-hydrogen) atoms. The Kier molecular flexibility index (Phi) is 4.71. The van der Waals surface area contributed by atoms with Gasteiger partial charge in [-0.1, -0.05) is 49.9 Å². The van der Waals surface area contributed by atoms with Gasteiger partial charge in [-0.2, -0.15) is 0 Å². The highest BCUT2D eigenvalue weighted by Crippen LogP contribution is 2.37. The lowest BCUT2D eigenvalue weighted by molar-refractivity contribution is 0.430. The fourth-order valence-electron chi connectivity index (χ4n) is 2.36. The zero-order valence-electron chi connectivity index (χ0n) is 13.4. The van der Waals surface area contributed by atoms with E-state index in [-0.39, 0.29) is 16.4 Å². The SMILES string of the molecule is CC(C)c1ccccc1Sc1c(O)cc(-c2ccccn2)oc1=O. The zero-order chi connectivity index (χ0) is 17.1. The molecule has 4 nitrogen and oxygen atoms in total. The first-order valence-corrected chi connectivity index (χ1v) is 8.43. The first-order valence-electron chi connectivity index (χ1n) is 7.61. The summed E-state index contributed by atoms with van der Waals surface area (Å²) in [4.78, 5) is 17.6. The molecule has 0 atom stereocenters. The minimum absolute atomic E-state index is 0.101. The first kappa shape index (κ1) is 16.3. The molecular weight excluding hydrogens is 322 g/mol. The highest BCUT2D eigenvalue weighted by Gasteiger charge is 2.16. The predicted molar refractivity (Wildman–Crippen MR) is 94.5 cm³/mol. The lowest BCUT2D eigenvalue weighted by atomic mass is 10.0. The molecule has 1 aromatic carbocycles. The lowest BCUT2D eigenvalue weighted by Gasteiger charge is -2.12. The lowest BCUT2D eigenvalue weighted by Crippen LogP contribution is -2.04. The van der Waals surface area contributed by atoms with Crippen molar-refractivity contribution in [3.8, 4) is 17.2 Å². The molecule has 3 rings (SSSR count). The topological polar surface area (TPSA) is 63.3 Å². The molecule has 0 amide bonds. The normalized spacial score (nSPS) is 11.0. The van der Waals surface area contributed by atoms with Gasteiger partial charge in [-0.15, -0.1) is 0 Å². The molecule has 3 aromatic rings. The van der Waals surface area contributed by atoms with E-state index in [1.165, 1.54) is 17.8 Å². The minimum Gasteiger partial charge on any atom is -0.506 e. The van der Waals surface area contributed by atoms with E-state index in [9.17, 15) is 9.90 Å². The van der Waals surface area contributed by atoms with Gasteiger partial charge in [-0.05, 0) is 29.7 Å². The summed E-state index contributed by atoms with van der Waals surface area (Å²) < 4.78 is 5.35. The van der Waals surface area contributed by atoms with E-state index >= 15 is 0 Å². The maximum absolute atomic E-state index is 12.3. The Bertz CT molecular complexity index is 904. The zero-order valence-corrected chi connectivity index (χ0v) is 14.2. The Morgan fingerprint density at radius 3 is 2.54 bits per heavy atom. The summed E-state index contributed by atoms with van der Waals surface area (Å²) in [5.74, 6) is 0.464. The molecule has 122 valence electrons. The standard InChI is InChI=1S/C19H17NO3S/c1-12(2)13-7-3-4-9-17(13)24-18-15(21)11-16(23-19(18)22)14-8-5-6-10-20-14/h3-12,21H,1-2H3. The van der Waals surface area contributed by atoms with E-state index in [0.29, 0.717) is 11.6 Å². The minimum atomic E-state index is -0.570. The van der Waals surface area contributed by atoms with Crippen molar-refractivity contribution in [3.63, 3.8) is 0 Å². The molecule has 0 unspecified atom stereocenters. The van der Waals surface area contributed by atoms with Gasteiger partial charge in [0, 0.05) is 17.2 Å². The number of benzene rings is 1. The largest absolute Gasteiger partial charge is 0.506 e. The predicted octanol–water partition coefficient (Wildman–Crippen LogP) is 4.68. The quantitative estimate of drug-likeness (QED) is 0.747. The van der Waals surface area contributed by atoms with Crippen molar-refractivity contribution >= 4 is 11.8 Å². The van der Waals surface area contributed by atoms with Crippen molar-refractivity contribution in [1.29, 1.82) is 0 Å². The van der Waals surface area contributed by atoms with Gasteiger partial charge in [0.25, 0.3) is 0 Å². The van der Waals surface area contributed by atoms with Gasteiger partial charge in [0.05, 0.1) is 0 Å². The van der Waals surface area contributed by atoms with E-state index in [1.807, 2.05) is 24.3 Å². The Morgan fingerprint density at radius 1 is 1.12 bits per heavy atom. The van der Waals surface area contributed by atoms with Crippen LogP contribution in [0.15, 0.2) is 73.7 Å². The summed E-state index contributed by atoms with van der Waals surface area (Å²) in [5, 5.41) is 10.3. The van der Waals surface area contributed by atoms with Crippen molar-refractivity contribution in [2.24, 2.45) is 0 Å². The molecule has 0 spiro atoms. The number of aromatic nitrogens is 1. The molecule has 0 aliphatic rings. The number of rotatable bonds is 4. The maximum Gasteiger partial charge on any atom is 0.354 e. The summed E-state index contributed by atoms with van der Waals surface area (Å²) in [6, 6.07) is 14.6. The van der Waals surface area contributed by atoms with Crippen LogP contribution in [0.25, 0.3) is 11.5 Å². The summed E-state index contributed by atoms with van der Waals surface area (Å²) in [6.45, 7) is 4.18. The van der Waals surface area contributed by atoms with E-state index in [0.717, 1.165) is 10.5 Å². The monoisotopic (exact) mass is 339 g/mol. The van der Waals surface area contributed by atoms with Crippen molar-refractivity contribution in [2.45, 2.75) is 29.6 Å². The molecule has 1 N–H and O–H groups in total. The van der Waals surface area contributed by atoms with Crippen molar-refractivity contribution in [3.05, 3.63) is 70.7 Å². The average Bonchev–Trinajstić information content (AvgIpc) is 2.59. The van der Waals surface area contributed by atoms with Crippen LogP contribution in [0.4, 0.5) is 0 Å². The fraction of sp³-hybridized carbons (Fsp3) is 0.158. The van der Waals surface area contributed by atoms with Crippen LogP contribution in [0, 0.1) is 0 Å². The number of pyridine rings is 1. The molecule has 2 aromatic heterocycles. The van der Waals surface area contributed by atoms with Gasteiger partial charge < -0.3 is 9.52 Å². The van der Waals surface area contributed by atoms with Gasteiger partial charge in [0.2, 0.25) is 0 Å². The van der Waals surface area contributed by atoms with Crippen LogP contribution in [0.1, 0.15) is 25.3 Å². The molecule has 2 heterocycles. The van der Waals surface area contributed by atoms with E-state index in [1.54, 1.807) is 24.4 Å². The fourth-order valence-corrected chi connectivity index (χ4v) is 3.44. The molecule has 0 radical (unpaired) electrons. The van der Waals surface area contributed by atoms with Crippen molar-refractivity contribution < 1.29 is 9.52 Å². The molecule has 0 saturated heterocycles. The third-order valence-electron chi connectivity index (χ3n) is 3.56. The van der Waals surface area contributed by atoms with E-state index < -0.39 is 5.63 Å². The Hall–Kier alpha value is -2.53. The Balaban J connectivity index is 2.01. The third-order valence-corrected chi connectivity index (χ3v) is 4.73. The highest BCUT2D eigenvalue weighted by molar-refractivity contribution is 7.99. The Labute approximate surface area is 144 Å². The molecule has 0 fully saturated rings. The number of hydrogen-bond donors (Lipinski definition) is 1. The summed E-state index contributed by atoms with van der Waals surface area (Å²) in [5.41, 5.74) is 1.05. The summed E-state index contributed by atoms with van der Waals surface area (Å²) in [6.07, 6.45) is 1.61.